The smallest absolute Gasteiger partial charge is 0.253 e. The van der Waals surface area contributed by atoms with Gasteiger partial charge in [-0.2, -0.15) is 0 Å². The molecule has 3 fully saturated rings. The molecule has 2 aliphatic heterocycles. The lowest BCUT2D eigenvalue weighted by atomic mass is 9.69. The molecule has 3 aliphatic rings. The summed E-state index contributed by atoms with van der Waals surface area (Å²) in [7, 11) is 0. The Morgan fingerprint density at radius 1 is 1.07 bits per heavy atom. The van der Waals surface area contributed by atoms with Gasteiger partial charge in [0.1, 0.15) is 0 Å². The number of hydrogen-bond donors (Lipinski definition) is 0. The Kier molecular flexibility index (Phi) is 5.44. The second kappa shape index (κ2) is 7.84. The first-order valence-corrected chi connectivity index (χ1v) is 10.7. The van der Waals surface area contributed by atoms with E-state index in [2.05, 4.69) is 18.7 Å². The molecule has 2 atom stereocenters. The Hall–Kier alpha value is -1.91. The van der Waals surface area contributed by atoms with Crippen molar-refractivity contribution in [1.29, 1.82) is 0 Å². The van der Waals surface area contributed by atoms with Crippen molar-refractivity contribution >= 4 is 11.8 Å². The molecule has 1 aliphatic carbocycles. The standard InChI is InChI=1S/C23H31FN2O2/c1-15(2)18-11-19(12-18)23(28)26-20-7-8-21(26)14-25(13-20)22(27)17-5-3-16(4-6-17)9-10-24/h3-6,15,18-21H,7-14H2,1-2H3. The predicted molar refractivity (Wildman–Crippen MR) is 107 cm³/mol. The van der Waals surface area contributed by atoms with Gasteiger partial charge in [-0.15, -0.1) is 0 Å². The first-order valence-electron chi connectivity index (χ1n) is 10.7. The molecular weight excluding hydrogens is 355 g/mol. The number of nitrogens with zero attached hydrogens (tertiary/aromatic N) is 2. The van der Waals surface area contributed by atoms with E-state index >= 15 is 0 Å². The number of amides is 2. The number of rotatable bonds is 5. The topological polar surface area (TPSA) is 40.6 Å². The Labute approximate surface area is 167 Å². The van der Waals surface area contributed by atoms with Gasteiger partial charge in [0.2, 0.25) is 5.91 Å². The predicted octanol–water partition coefficient (Wildman–Crippen LogP) is 3.70. The van der Waals surface area contributed by atoms with Crippen LogP contribution in [0.25, 0.3) is 0 Å². The third-order valence-electron chi connectivity index (χ3n) is 7.07. The summed E-state index contributed by atoms with van der Waals surface area (Å²) in [6, 6.07) is 7.60. The highest BCUT2D eigenvalue weighted by Crippen LogP contribution is 2.42. The highest BCUT2D eigenvalue weighted by molar-refractivity contribution is 5.94. The maximum absolute atomic E-state index is 13.0. The Morgan fingerprint density at radius 2 is 1.68 bits per heavy atom. The summed E-state index contributed by atoms with van der Waals surface area (Å²) in [6.07, 6.45) is 4.44. The number of piperazine rings is 1. The number of carbonyl (C=O) groups is 2. The molecule has 1 aromatic carbocycles. The van der Waals surface area contributed by atoms with Crippen molar-refractivity contribution in [2.45, 2.75) is 58.0 Å². The Morgan fingerprint density at radius 3 is 2.21 bits per heavy atom. The lowest BCUT2D eigenvalue weighted by Gasteiger charge is -2.46. The highest BCUT2D eigenvalue weighted by atomic mass is 19.1. The van der Waals surface area contributed by atoms with Gasteiger partial charge in [0.25, 0.3) is 5.91 Å². The number of alkyl halides is 1. The monoisotopic (exact) mass is 386 g/mol. The number of hydrogen-bond acceptors (Lipinski definition) is 2. The van der Waals surface area contributed by atoms with Crippen LogP contribution in [0.4, 0.5) is 4.39 Å². The van der Waals surface area contributed by atoms with Crippen LogP contribution in [0, 0.1) is 17.8 Å². The van der Waals surface area contributed by atoms with E-state index < -0.39 is 0 Å². The van der Waals surface area contributed by atoms with Gasteiger partial charge in [0.15, 0.2) is 0 Å². The SMILES string of the molecule is CC(C)C1CC(C(=O)N2C3CCC2CN(C(=O)c2ccc(CCF)cc2)C3)C1. The van der Waals surface area contributed by atoms with Crippen molar-refractivity contribution in [2.75, 3.05) is 19.8 Å². The minimum Gasteiger partial charge on any atom is -0.335 e. The fourth-order valence-corrected chi connectivity index (χ4v) is 5.15. The number of benzene rings is 1. The van der Waals surface area contributed by atoms with Crippen molar-refractivity contribution < 1.29 is 14.0 Å². The lowest BCUT2D eigenvalue weighted by Crippen LogP contribution is -2.59. The van der Waals surface area contributed by atoms with Crippen LogP contribution in [-0.4, -0.2) is 53.5 Å². The molecule has 28 heavy (non-hydrogen) atoms. The third kappa shape index (κ3) is 3.56. The van der Waals surface area contributed by atoms with Gasteiger partial charge in [0.05, 0.1) is 6.67 Å². The maximum Gasteiger partial charge on any atom is 0.253 e. The van der Waals surface area contributed by atoms with Crippen LogP contribution in [-0.2, 0) is 11.2 Å². The molecule has 2 saturated heterocycles. The molecule has 0 aromatic heterocycles. The quantitative estimate of drug-likeness (QED) is 0.774. The molecule has 4 nitrogen and oxygen atoms in total. The van der Waals surface area contributed by atoms with Crippen LogP contribution in [0.1, 0.15) is 55.5 Å². The number of aryl methyl sites for hydroxylation is 1. The molecular formula is C23H31FN2O2. The van der Waals surface area contributed by atoms with E-state index in [9.17, 15) is 14.0 Å². The number of halogens is 1. The first-order chi connectivity index (χ1) is 13.5. The molecule has 2 amide bonds. The van der Waals surface area contributed by atoms with E-state index in [0.29, 0.717) is 42.8 Å². The molecule has 0 radical (unpaired) electrons. The first kappa shape index (κ1) is 19.4. The van der Waals surface area contributed by atoms with Crippen LogP contribution in [0.2, 0.25) is 0 Å². The summed E-state index contributed by atoms with van der Waals surface area (Å²) in [6.45, 7) is 5.36. The molecule has 0 spiro atoms. The van der Waals surface area contributed by atoms with Gasteiger partial charge in [-0.25, -0.2) is 0 Å². The van der Waals surface area contributed by atoms with Crippen molar-refractivity contribution in [3.63, 3.8) is 0 Å². The summed E-state index contributed by atoms with van der Waals surface area (Å²) in [4.78, 5) is 30.0. The van der Waals surface area contributed by atoms with Gasteiger partial charge in [-0.1, -0.05) is 26.0 Å². The van der Waals surface area contributed by atoms with Gasteiger partial charge >= 0.3 is 0 Å². The maximum atomic E-state index is 13.0. The molecule has 152 valence electrons. The zero-order valence-corrected chi connectivity index (χ0v) is 16.9. The van der Waals surface area contributed by atoms with Crippen LogP contribution < -0.4 is 0 Å². The van der Waals surface area contributed by atoms with Crippen LogP contribution in [0.3, 0.4) is 0 Å². The number of fused-ring (bicyclic) bond motifs is 2. The Bertz CT molecular complexity index is 713. The second-order valence-electron chi connectivity index (χ2n) is 9.15. The summed E-state index contributed by atoms with van der Waals surface area (Å²) in [5.41, 5.74) is 1.57. The molecule has 1 saturated carbocycles. The van der Waals surface area contributed by atoms with Crippen molar-refractivity contribution in [2.24, 2.45) is 17.8 Å². The van der Waals surface area contributed by atoms with E-state index in [4.69, 9.17) is 0 Å². The van der Waals surface area contributed by atoms with Crippen LogP contribution in [0.15, 0.2) is 24.3 Å². The van der Waals surface area contributed by atoms with E-state index in [1.54, 1.807) is 12.1 Å². The Balaban J connectivity index is 1.38. The van der Waals surface area contributed by atoms with Crippen molar-refractivity contribution in [3.05, 3.63) is 35.4 Å². The molecule has 4 rings (SSSR count). The van der Waals surface area contributed by atoms with E-state index in [1.807, 2.05) is 17.0 Å². The van der Waals surface area contributed by atoms with Gasteiger partial charge in [-0.05, 0) is 55.2 Å². The van der Waals surface area contributed by atoms with Crippen LogP contribution >= 0.6 is 0 Å². The minimum absolute atomic E-state index is 0.0271. The molecule has 0 N–H and O–H groups in total. The molecule has 1 aromatic rings. The number of carbonyl (C=O) groups excluding carboxylic acids is 2. The number of likely N-dealkylation sites (tertiary alicyclic amines) is 1. The average molecular weight is 387 g/mol. The van der Waals surface area contributed by atoms with E-state index in [0.717, 1.165) is 31.2 Å². The fraction of sp³-hybridized carbons (Fsp3) is 0.652. The lowest BCUT2D eigenvalue weighted by molar-refractivity contribution is -0.146. The zero-order valence-electron chi connectivity index (χ0n) is 16.9. The average Bonchev–Trinajstić information content (AvgIpc) is 2.90. The molecule has 2 heterocycles. The largest absolute Gasteiger partial charge is 0.335 e. The zero-order chi connectivity index (χ0) is 19.8. The normalized spacial score (nSPS) is 29.1. The third-order valence-corrected chi connectivity index (χ3v) is 7.07. The summed E-state index contributed by atoms with van der Waals surface area (Å²) in [5, 5.41) is 0. The molecule has 5 heteroatoms. The molecule has 2 unspecified atom stereocenters. The summed E-state index contributed by atoms with van der Waals surface area (Å²) >= 11 is 0. The van der Waals surface area contributed by atoms with Crippen molar-refractivity contribution in [3.8, 4) is 0 Å². The van der Waals surface area contributed by atoms with E-state index in [1.165, 1.54) is 0 Å². The van der Waals surface area contributed by atoms with Crippen LogP contribution in [0.5, 0.6) is 0 Å². The highest BCUT2D eigenvalue weighted by Gasteiger charge is 2.47. The second-order valence-corrected chi connectivity index (χ2v) is 9.15. The van der Waals surface area contributed by atoms with E-state index in [-0.39, 0.29) is 30.6 Å². The van der Waals surface area contributed by atoms with Gasteiger partial charge < -0.3 is 9.80 Å². The van der Waals surface area contributed by atoms with Gasteiger partial charge in [-0.3, -0.25) is 14.0 Å². The summed E-state index contributed by atoms with van der Waals surface area (Å²) < 4.78 is 12.5. The van der Waals surface area contributed by atoms with Crippen molar-refractivity contribution in [1.82, 2.24) is 9.80 Å². The summed E-state index contributed by atoms with van der Waals surface area (Å²) in [5.74, 6) is 1.90. The minimum atomic E-state index is -0.383. The molecule has 2 bridgehead atoms. The van der Waals surface area contributed by atoms with Gasteiger partial charge in [0, 0.05) is 43.1 Å². The fourth-order valence-electron chi connectivity index (χ4n) is 5.15.